The van der Waals surface area contributed by atoms with Gasteiger partial charge in [-0.3, -0.25) is 9.59 Å². The Morgan fingerprint density at radius 3 is 2.60 bits per heavy atom. The van der Waals surface area contributed by atoms with Crippen LogP contribution in [0.15, 0.2) is 30.3 Å². The maximum Gasteiger partial charge on any atom is 0.307 e. The van der Waals surface area contributed by atoms with Crippen LogP contribution in [0.4, 0.5) is 5.69 Å². The standard InChI is InChI=1S/C13H10Cl2N2O3/c14-9-6-10(17-12(9)15)13(20)16-8-3-1-2-7(4-8)5-11(18)19/h1-4,6,17H,5H2,(H,16,20)(H,18,19). The summed E-state index contributed by atoms with van der Waals surface area (Å²) in [5.74, 6) is -1.34. The second kappa shape index (κ2) is 5.98. The van der Waals surface area contributed by atoms with Crippen LogP contribution in [0.3, 0.4) is 0 Å². The highest BCUT2D eigenvalue weighted by Gasteiger charge is 2.12. The van der Waals surface area contributed by atoms with Gasteiger partial charge in [-0.25, -0.2) is 0 Å². The number of benzene rings is 1. The average Bonchev–Trinajstić information content (AvgIpc) is 2.69. The van der Waals surface area contributed by atoms with Crippen LogP contribution in [0.2, 0.25) is 10.2 Å². The van der Waals surface area contributed by atoms with E-state index in [1.165, 1.54) is 6.07 Å². The van der Waals surface area contributed by atoms with Crippen molar-refractivity contribution in [3.63, 3.8) is 0 Å². The van der Waals surface area contributed by atoms with E-state index < -0.39 is 11.9 Å². The molecule has 0 aliphatic carbocycles. The number of H-pyrrole nitrogens is 1. The number of halogens is 2. The zero-order valence-corrected chi connectivity index (χ0v) is 11.6. The number of hydrogen-bond acceptors (Lipinski definition) is 2. The fourth-order valence-electron chi connectivity index (χ4n) is 1.66. The third-order valence-corrected chi connectivity index (χ3v) is 3.20. The van der Waals surface area contributed by atoms with Crippen LogP contribution >= 0.6 is 23.2 Å². The van der Waals surface area contributed by atoms with Gasteiger partial charge in [0.05, 0.1) is 11.4 Å². The van der Waals surface area contributed by atoms with Gasteiger partial charge in [-0.05, 0) is 23.8 Å². The average molecular weight is 313 g/mol. The summed E-state index contributed by atoms with van der Waals surface area (Å²) in [4.78, 5) is 25.2. The zero-order chi connectivity index (χ0) is 14.7. The largest absolute Gasteiger partial charge is 0.481 e. The van der Waals surface area contributed by atoms with E-state index in [0.29, 0.717) is 11.3 Å². The van der Waals surface area contributed by atoms with Crippen LogP contribution in [0.25, 0.3) is 0 Å². The van der Waals surface area contributed by atoms with Gasteiger partial charge in [0.15, 0.2) is 0 Å². The molecule has 5 nitrogen and oxygen atoms in total. The molecule has 3 N–H and O–H groups in total. The van der Waals surface area contributed by atoms with Crippen molar-refractivity contribution >= 4 is 40.8 Å². The van der Waals surface area contributed by atoms with E-state index in [0.717, 1.165) is 0 Å². The molecule has 1 aromatic carbocycles. The van der Waals surface area contributed by atoms with E-state index in [1.807, 2.05) is 0 Å². The molecule has 0 bridgehead atoms. The lowest BCUT2D eigenvalue weighted by atomic mass is 10.1. The van der Waals surface area contributed by atoms with Crippen LogP contribution in [0.1, 0.15) is 16.1 Å². The molecular formula is C13H10Cl2N2O3. The maximum atomic E-state index is 11.9. The molecule has 104 valence electrons. The van der Waals surface area contributed by atoms with Crippen molar-refractivity contribution < 1.29 is 14.7 Å². The predicted octanol–water partition coefficient (Wildman–Crippen LogP) is 3.20. The third-order valence-electron chi connectivity index (χ3n) is 2.51. The number of rotatable bonds is 4. The quantitative estimate of drug-likeness (QED) is 0.810. The van der Waals surface area contributed by atoms with Crippen molar-refractivity contribution in [3.05, 3.63) is 51.8 Å². The van der Waals surface area contributed by atoms with Gasteiger partial charge in [0.1, 0.15) is 10.8 Å². The summed E-state index contributed by atoms with van der Waals surface area (Å²) >= 11 is 11.5. The number of aliphatic carboxylic acids is 1. The number of carbonyl (C=O) groups is 2. The summed E-state index contributed by atoms with van der Waals surface area (Å²) < 4.78 is 0. The van der Waals surface area contributed by atoms with Crippen LogP contribution < -0.4 is 5.32 Å². The van der Waals surface area contributed by atoms with Gasteiger partial charge in [0.25, 0.3) is 5.91 Å². The summed E-state index contributed by atoms with van der Waals surface area (Å²) in [7, 11) is 0. The molecule has 0 aliphatic rings. The number of nitrogens with one attached hydrogen (secondary N) is 2. The van der Waals surface area contributed by atoms with Crippen molar-refractivity contribution in [1.29, 1.82) is 0 Å². The first-order valence-corrected chi connectivity index (χ1v) is 6.37. The monoisotopic (exact) mass is 312 g/mol. The Kier molecular flexibility index (Phi) is 4.32. The first kappa shape index (κ1) is 14.4. The van der Waals surface area contributed by atoms with Gasteiger partial charge in [0, 0.05) is 5.69 Å². The predicted molar refractivity (Wildman–Crippen MR) is 76.5 cm³/mol. The van der Waals surface area contributed by atoms with Crippen LogP contribution in [0, 0.1) is 0 Å². The summed E-state index contributed by atoms with van der Waals surface area (Å²) in [5, 5.41) is 11.8. The van der Waals surface area contributed by atoms with E-state index >= 15 is 0 Å². The highest BCUT2D eigenvalue weighted by Crippen LogP contribution is 2.22. The summed E-state index contributed by atoms with van der Waals surface area (Å²) in [6.07, 6.45) is -0.107. The lowest BCUT2D eigenvalue weighted by Gasteiger charge is -2.05. The molecule has 20 heavy (non-hydrogen) atoms. The lowest BCUT2D eigenvalue weighted by molar-refractivity contribution is -0.136. The van der Waals surface area contributed by atoms with Gasteiger partial charge in [-0.2, -0.15) is 0 Å². The molecule has 2 rings (SSSR count). The molecule has 0 atom stereocenters. The maximum absolute atomic E-state index is 11.9. The van der Waals surface area contributed by atoms with Gasteiger partial charge in [0.2, 0.25) is 0 Å². The first-order chi connectivity index (χ1) is 9.45. The first-order valence-electron chi connectivity index (χ1n) is 5.62. The van der Waals surface area contributed by atoms with E-state index in [-0.39, 0.29) is 22.3 Å². The van der Waals surface area contributed by atoms with Crippen LogP contribution in [0.5, 0.6) is 0 Å². The van der Waals surface area contributed by atoms with Gasteiger partial charge >= 0.3 is 5.97 Å². The number of hydrogen-bond donors (Lipinski definition) is 3. The second-order valence-corrected chi connectivity index (χ2v) is 4.86. The Labute approximate surface area is 124 Å². The Morgan fingerprint density at radius 1 is 1.25 bits per heavy atom. The summed E-state index contributed by atoms with van der Waals surface area (Å²) in [6.45, 7) is 0. The van der Waals surface area contributed by atoms with E-state index in [1.54, 1.807) is 24.3 Å². The number of anilines is 1. The number of carbonyl (C=O) groups excluding carboxylic acids is 1. The molecule has 0 unspecified atom stereocenters. The molecule has 1 heterocycles. The molecule has 0 fully saturated rings. The molecule has 0 saturated heterocycles. The number of amides is 1. The van der Waals surface area contributed by atoms with Crippen molar-refractivity contribution in [3.8, 4) is 0 Å². The number of carboxylic acids is 1. The summed E-state index contributed by atoms with van der Waals surface area (Å²) in [6, 6.07) is 8.02. The lowest BCUT2D eigenvalue weighted by Crippen LogP contribution is -2.12. The van der Waals surface area contributed by atoms with Crippen molar-refractivity contribution in [2.24, 2.45) is 0 Å². The zero-order valence-electron chi connectivity index (χ0n) is 10.1. The van der Waals surface area contributed by atoms with Crippen LogP contribution in [-0.4, -0.2) is 22.0 Å². The molecule has 0 spiro atoms. The Morgan fingerprint density at radius 2 is 2.00 bits per heavy atom. The number of carboxylic acid groups (broad SMARTS) is 1. The fourth-order valence-corrected chi connectivity index (χ4v) is 1.97. The van der Waals surface area contributed by atoms with Crippen molar-refractivity contribution in [2.75, 3.05) is 5.32 Å². The Balaban J connectivity index is 2.13. The highest BCUT2D eigenvalue weighted by atomic mass is 35.5. The minimum absolute atomic E-state index is 0.107. The van der Waals surface area contributed by atoms with E-state index in [9.17, 15) is 9.59 Å². The Hall–Kier alpha value is -1.98. The van der Waals surface area contributed by atoms with Gasteiger partial charge < -0.3 is 15.4 Å². The Bertz CT molecular complexity index is 648. The van der Waals surface area contributed by atoms with Gasteiger partial charge in [-0.15, -0.1) is 0 Å². The smallest absolute Gasteiger partial charge is 0.307 e. The second-order valence-electron chi connectivity index (χ2n) is 4.07. The number of aromatic nitrogens is 1. The minimum Gasteiger partial charge on any atom is -0.481 e. The molecular weight excluding hydrogens is 303 g/mol. The van der Waals surface area contributed by atoms with E-state index in [2.05, 4.69) is 10.3 Å². The van der Waals surface area contributed by atoms with E-state index in [4.69, 9.17) is 28.3 Å². The van der Waals surface area contributed by atoms with Gasteiger partial charge in [-0.1, -0.05) is 35.3 Å². The molecule has 0 aliphatic heterocycles. The molecule has 1 aromatic heterocycles. The molecule has 2 aromatic rings. The fraction of sp³-hybridized carbons (Fsp3) is 0.0769. The van der Waals surface area contributed by atoms with Crippen molar-refractivity contribution in [2.45, 2.75) is 6.42 Å². The molecule has 0 saturated carbocycles. The minimum atomic E-state index is -0.934. The molecule has 1 amide bonds. The number of aromatic amines is 1. The molecule has 0 radical (unpaired) electrons. The SMILES string of the molecule is O=C(O)Cc1cccc(NC(=O)c2cc(Cl)c(Cl)[nH]2)c1. The molecule has 7 heteroatoms. The highest BCUT2D eigenvalue weighted by molar-refractivity contribution is 6.41. The topological polar surface area (TPSA) is 82.2 Å². The van der Waals surface area contributed by atoms with Crippen molar-refractivity contribution in [1.82, 2.24) is 4.98 Å². The summed E-state index contributed by atoms with van der Waals surface area (Å²) in [5.41, 5.74) is 1.32. The van der Waals surface area contributed by atoms with Crippen LogP contribution in [-0.2, 0) is 11.2 Å². The normalized spacial score (nSPS) is 10.3. The third kappa shape index (κ3) is 3.53.